The lowest BCUT2D eigenvalue weighted by molar-refractivity contribution is -0.120. The van der Waals surface area contributed by atoms with Crippen molar-refractivity contribution in [2.24, 2.45) is 0 Å². The first-order chi connectivity index (χ1) is 11.3. The van der Waals surface area contributed by atoms with Gasteiger partial charge in [0, 0.05) is 23.6 Å². The van der Waals surface area contributed by atoms with Gasteiger partial charge < -0.3 is 15.4 Å². The number of carbonyl (C=O) groups excluding carboxylic acids is 1. The number of aromatic amines is 1. The highest BCUT2D eigenvalue weighted by molar-refractivity contribution is 5.88. The molecule has 23 heavy (non-hydrogen) atoms. The molecule has 2 aromatic carbocycles. The van der Waals surface area contributed by atoms with Gasteiger partial charge in [-0.15, -0.1) is 0 Å². The summed E-state index contributed by atoms with van der Waals surface area (Å²) in [7, 11) is 0. The first-order valence-electron chi connectivity index (χ1n) is 7.76. The van der Waals surface area contributed by atoms with Crippen molar-refractivity contribution in [1.29, 1.82) is 0 Å². The van der Waals surface area contributed by atoms with Gasteiger partial charge in [0.2, 0.25) is 5.91 Å². The second kappa shape index (κ2) is 7.11. The number of fused-ring (bicyclic) bond motifs is 1. The summed E-state index contributed by atoms with van der Waals surface area (Å²) in [5.74, 6) is 0.0294. The second-order valence-corrected chi connectivity index (χ2v) is 5.61. The van der Waals surface area contributed by atoms with E-state index in [-0.39, 0.29) is 12.5 Å². The molecule has 3 aromatic rings. The molecule has 0 aliphatic carbocycles. The first kappa shape index (κ1) is 15.3. The summed E-state index contributed by atoms with van der Waals surface area (Å²) < 4.78 is 0. The quantitative estimate of drug-likeness (QED) is 0.655. The SMILES string of the molecule is O=C(Cc1c[nH]c2ccccc12)NCCc1ccc(CO)cc1. The summed E-state index contributed by atoms with van der Waals surface area (Å²) in [6.45, 7) is 0.668. The standard InChI is InChI=1S/C19H20N2O2/c22-13-15-7-5-14(6-8-15)9-10-20-19(23)11-16-12-21-18-4-2-1-3-17(16)18/h1-8,12,21-22H,9-11,13H2,(H,20,23). The minimum Gasteiger partial charge on any atom is -0.392 e. The van der Waals surface area contributed by atoms with Crippen LogP contribution in [-0.2, 0) is 24.2 Å². The molecule has 0 atom stereocenters. The van der Waals surface area contributed by atoms with Crippen LogP contribution in [-0.4, -0.2) is 22.5 Å². The third-order valence-corrected chi connectivity index (χ3v) is 3.97. The lowest BCUT2D eigenvalue weighted by Gasteiger charge is -2.06. The number of benzene rings is 2. The number of carbonyl (C=O) groups is 1. The Morgan fingerprint density at radius 3 is 2.57 bits per heavy atom. The van der Waals surface area contributed by atoms with Gasteiger partial charge in [-0.05, 0) is 29.2 Å². The fraction of sp³-hybridized carbons (Fsp3) is 0.211. The second-order valence-electron chi connectivity index (χ2n) is 5.61. The number of amides is 1. The Labute approximate surface area is 135 Å². The Hall–Kier alpha value is -2.59. The average molecular weight is 308 g/mol. The molecule has 0 saturated carbocycles. The Bertz CT molecular complexity index is 790. The van der Waals surface area contributed by atoms with Crippen molar-refractivity contribution in [2.75, 3.05) is 6.54 Å². The van der Waals surface area contributed by atoms with Crippen LogP contribution in [0.2, 0.25) is 0 Å². The van der Waals surface area contributed by atoms with E-state index in [1.54, 1.807) is 0 Å². The van der Waals surface area contributed by atoms with Crippen molar-refractivity contribution in [3.63, 3.8) is 0 Å². The van der Waals surface area contributed by atoms with Gasteiger partial charge in [0.15, 0.2) is 0 Å². The molecule has 4 heteroatoms. The van der Waals surface area contributed by atoms with E-state index in [1.165, 1.54) is 0 Å². The number of hydrogen-bond donors (Lipinski definition) is 3. The molecule has 0 aliphatic rings. The van der Waals surface area contributed by atoms with Gasteiger partial charge in [-0.1, -0.05) is 42.5 Å². The van der Waals surface area contributed by atoms with E-state index in [0.29, 0.717) is 13.0 Å². The smallest absolute Gasteiger partial charge is 0.224 e. The van der Waals surface area contributed by atoms with Crippen molar-refractivity contribution in [3.05, 3.63) is 71.4 Å². The van der Waals surface area contributed by atoms with E-state index < -0.39 is 0 Å². The van der Waals surface area contributed by atoms with Gasteiger partial charge in [0.1, 0.15) is 0 Å². The van der Waals surface area contributed by atoms with Gasteiger partial charge in [0.05, 0.1) is 13.0 Å². The van der Waals surface area contributed by atoms with Crippen LogP contribution in [0.1, 0.15) is 16.7 Å². The Morgan fingerprint density at radius 2 is 1.78 bits per heavy atom. The van der Waals surface area contributed by atoms with Crippen LogP contribution in [0.25, 0.3) is 10.9 Å². The van der Waals surface area contributed by atoms with E-state index in [1.807, 2.05) is 54.7 Å². The van der Waals surface area contributed by atoms with E-state index in [0.717, 1.165) is 34.0 Å². The number of aliphatic hydroxyl groups excluding tert-OH is 1. The molecule has 0 saturated heterocycles. The number of para-hydroxylation sites is 1. The van der Waals surface area contributed by atoms with Gasteiger partial charge >= 0.3 is 0 Å². The zero-order valence-corrected chi connectivity index (χ0v) is 12.9. The largest absolute Gasteiger partial charge is 0.392 e. The first-order valence-corrected chi connectivity index (χ1v) is 7.76. The van der Waals surface area contributed by atoms with Gasteiger partial charge in [-0.25, -0.2) is 0 Å². The van der Waals surface area contributed by atoms with E-state index >= 15 is 0 Å². The number of H-pyrrole nitrogens is 1. The normalized spacial score (nSPS) is 10.8. The lowest BCUT2D eigenvalue weighted by Crippen LogP contribution is -2.27. The maximum atomic E-state index is 12.1. The summed E-state index contributed by atoms with van der Waals surface area (Å²) in [6, 6.07) is 15.8. The third-order valence-electron chi connectivity index (χ3n) is 3.97. The van der Waals surface area contributed by atoms with E-state index in [9.17, 15) is 4.79 Å². The predicted octanol–water partition coefficient (Wildman–Crippen LogP) is 2.56. The maximum absolute atomic E-state index is 12.1. The summed E-state index contributed by atoms with van der Waals surface area (Å²) in [5, 5.41) is 13.1. The molecule has 0 spiro atoms. The Kier molecular flexibility index (Phi) is 4.74. The fourth-order valence-electron chi connectivity index (χ4n) is 2.67. The Morgan fingerprint density at radius 1 is 1.04 bits per heavy atom. The fourth-order valence-corrected chi connectivity index (χ4v) is 2.67. The number of rotatable bonds is 6. The summed E-state index contributed by atoms with van der Waals surface area (Å²) in [4.78, 5) is 15.3. The summed E-state index contributed by atoms with van der Waals surface area (Å²) in [6.07, 6.45) is 3.07. The van der Waals surface area contributed by atoms with Crippen LogP contribution in [0, 0.1) is 0 Å². The van der Waals surface area contributed by atoms with E-state index in [2.05, 4.69) is 10.3 Å². The van der Waals surface area contributed by atoms with E-state index in [4.69, 9.17) is 5.11 Å². The number of aromatic nitrogens is 1. The van der Waals surface area contributed by atoms with Crippen LogP contribution in [0.3, 0.4) is 0 Å². The van der Waals surface area contributed by atoms with Crippen molar-refractivity contribution in [2.45, 2.75) is 19.4 Å². The zero-order chi connectivity index (χ0) is 16.1. The monoisotopic (exact) mass is 308 g/mol. The highest BCUT2D eigenvalue weighted by Crippen LogP contribution is 2.17. The molecule has 0 fully saturated rings. The maximum Gasteiger partial charge on any atom is 0.224 e. The van der Waals surface area contributed by atoms with Gasteiger partial charge in [-0.3, -0.25) is 4.79 Å². The minimum absolute atomic E-state index is 0.0294. The molecular formula is C19H20N2O2. The summed E-state index contributed by atoms with van der Waals surface area (Å²) in [5.41, 5.74) is 4.12. The van der Waals surface area contributed by atoms with Crippen LogP contribution in [0.5, 0.6) is 0 Å². The molecule has 0 radical (unpaired) electrons. The molecule has 3 rings (SSSR count). The molecule has 1 heterocycles. The van der Waals surface area contributed by atoms with Crippen molar-refractivity contribution >= 4 is 16.8 Å². The minimum atomic E-state index is 0.0294. The van der Waals surface area contributed by atoms with Crippen LogP contribution >= 0.6 is 0 Å². The third kappa shape index (κ3) is 3.79. The zero-order valence-electron chi connectivity index (χ0n) is 12.9. The molecule has 0 aliphatic heterocycles. The number of nitrogens with one attached hydrogen (secondary N) is 2. The molecule has 0 bridgehead atoms. The summed E-state index contributed by atoms with van der Waals surface area (Å²) >= 11 is 0. The molecular weight excluding hydrogens is 288 g/mol. The highest BCUT2D eigenvalue weighted by Gasteiger charge is 2.08. The average Bonchev–Trinajstić information content (AvgIpc) is 2.99. The van der Waals surface area contributed by atoms with Crippen molar-refractivity contribution < 1.29 is 9.90 Å². The molecule has 0 unspecified atom stereocenters. The Balaban J connectivity index is 1.51. The molecule has 1 aromatic heterocycles. The van der Waals surface area contributed by atoms with Crippen LogP contribution < -0.4 is 5.32 Å². The number of aliphatic hydroxyl groups is 1. The lowest BCUT2D eigenvalue weighted by atomic mass is 10.1. The predicted molar refractivity (Wildman–Crippen MR) is 91.1 cm³/mol. The molecule has 118 valence electrons. The molecule has 4 nitrogen and oxygen atoms in total. The van der Waals surface area contributed by atoms with Crippen LogP contribution in [0.15, 0.2) is 54.7 Å². The van der Waals surface area contributed by atoms with Crippen molar-refractivity contribution in [3.8, 4) is 0 Å². The topological polar surface area (TPSA) is 65.1 Å². The van der Waals surface area contributed by atoms with Crippen LogP contribution in [0.4, 0.5) is 0 Å². The van der Waals surface area contributed by atoms with Gasteiger partial charge in [0.25, 0.3) is 0 Å². The molecule has 3 N–H and O–H groups in total. The number of hydrogen-bond acceptors (Lipinski definition) is 2. The van der Waals surface area contributed by atoms with Gasteiger partial charge in [-0.2, -0.15) is 0 Å². The highest BCUT2D eigenvalue weighted by atomic mass is 16.3. The molecule has 1 amide bonds. The van der Waals surface area contributed by atoms with Crippen molar-refractivity contribution in [1.82, 2.24) is 10.3 Å².